The van der Waals surface area contributed by atoms with E-state index in [9.17, 15) is 4.79 Å². The SMILES string of the molecule is CC1(C(=O)c2cccnc2N)CCCNC1. The number of ketones is 1. The number of hydrogen-bond donors (Lipinski definition) is 2. The Balaban J connectivity index is 2.28. The van der Waals surface area contributed by atoms with Crippen molar-refractivity contribution in [3.63, 3.8) is 0 Å². The van der Waals surface area contributed by atoms with Crippen molar-refractivity contribution in [1.82, 2.24) is 10.3 Å². The molecule has 2 heterocycles. The number of nitrogen functional groups attached to an aromatic ring is 1. The Bertz CT molecular complexity index is 397. The minimum atomic E-state index is -0.338. The van der Waals surface area contributed by atoms with E-state index in [0.29, 0.717) is 11.4 Å². The second kappa shape index (κ2) is 4.22. The summed E-state index contributed by atoms with van der Waals surface area (Å²) < 4.78 is 0. The summed E-state index contributed by atoms with van der Waals surface area (Å²) in [5.74, 6) is 0.435. The predicted molar refractivity (Wildman–Crippen MR) is 63.2 cm³/mol. The Hall–Kier alpha value is -1.42. The zero-order valence-electron chi connectivity index (χ0n) is 9.49. The van der Waals surface area contributed by atoms with Crippen molar-refractivity contribution < 1.29 is 4.79 Å². The van der Waals surface area contributed by atoms with Crippen LogP contribution in [-0.4, -0.2) is 23.9 Å². The van der Waals surface area contributed by atoms with Crippen molar-refractivity contribution in [3.8, 4) is 0 Å². The van der Waals surface area contributed by atoms with Crippen LogP contribution in [0.15, 0.2) is 18.3 Å². The molecule has 3 N–H and O–H groups in total. The van der Waals surface area contributed by atoms with Crippen LogP contribution < -0.4 is 11.1 Å². The van der Waals surface area contributed by atoms with Crippen molar-refractivity contribution in [1.29, 1.82) is 0 Å². The van der Waals surface area contributed by atoms with Gasteiger partial charge in [-0.3, -0.25) is 4.79 Å². The molecule has 1 aliphatic heterocycles. The lowest BCUT2D eigenvalue weighted by Gasteiger charge is -2.32. The van der Waals surface area contributed by atoms with Gasteiger partial charge in [0.05, 0.1) is 5.56 Å². The molecule has 1 atom stereocenters. The van der Waals surface area contributed by atoms with Crippen molar-refractivity contribution in [2.45, 2.75) is 19.8 Å². The zero-order valence-corrected chi connectivity index (χ0v) is 9.49. The number of Topliss-reactive ketones (excluding diaryl/α,β-unsaturated/α-hetero) is 1. The number of nitrogens with one attached hydrogen (secondary N) is 1. The van der Waals surface area contributed by atoms with Gasteiger partial charge in [-0.1, -0.05) is 6.92 Å². The van der Waals surface area contributed by atoms with Gasteiger partial charge in [-0.05, 0) is 31.5 Å². The molecule has 0 bridgehead atoms. The number of anilines is 1. The van der Waals surface area contributed by atoms with E-state index in [1.54, 1.807) is 18.3 Å². The average Bonchev–Trinajstić information content (AvgIpc) is 2.30. The van der Waals surface area contributed by atoms with Crippen LogP contribution >= 0.6 is 0 Å². The predicted octanol–water partition coefficient (Wildman–Crippen LogP) is 1.24. The second-order valence-corrected chi connectivity index (χ2v) is 4.61. The number of carbonyl (C=O) groups excluding carboxylic acids is 1. The summed E-state index contributed by atoms with van der Waals surface area (Å²) in [6.45, 7) is 3.71. The second-order valence-electron chi connectivity index (χ2n) is 4.61. The van der Waals surface area contributed by atoms with Gasteiger partial charge in [-0.2, -0.15) is 0 Å². The van der Waals surface area contributed by atoms with Crippen LogP contribution in [0.4, 0.5) is 5.82 Å². The molecule has 1 aromatic rings. The Morgan fingerprint density at radius 1 is 1.62 bits per heavy atom. The average molecular weight is 219 g/mol. The Labute approximate surface area is 95.3 Å². The summed E-state index contributed by atoms with van der Waals surface area (Å²) in [6, 6.07) is 3.51. The van der Waals surface area contributed by atoms with Gasteiger partial charge in [-0.25, -0.2) is 4.98 Å². The normalized spacial score (nSPS) is 25.3. The van der Waals surface area contributed by atoms with Gasteiger partial charge in [0.25, 0.3) is 0 Å². The molecule has 0 aliphatic carbocycles. The fourth-order valence-electron chi connectivity index (χ4n) is 2.18. The highest BCUT2D eigenvalue weighted by Gasteiger charge is 2.36. The topological polar surface area (TPSA) is 68.0 Å². The Morgan fingerprint density at radius 3 is 3.06 bits per heavy atom. The molecule has 1 unspecified atom stereocenters. The maximum Gasteiger partial charge on any atom is 0.173 e. The molecule has 2 rings (SSSR count). The molecule has 0 radical (unpaired) electrons. The molecular weight excluding hydrogens is 202 g/mol. The first kappa shape index (κ1) is 11.1. The van der Waals surface area contributed by atoms with E-state index in [0.717, 1.165) is 25.9 Å². The highest BCUT2D eigenvalue weighted by molar-refractivity contribution is 6.03. The number of rotatable bonds is 2. The third-order valence-electron chi connectivity index (χ3n) is 3.23. The van der Waals surface area contributed by atoms with Crippen LogP contribution in [0.5, 0.6) is 0 Å². The van der Waals surface area contributed by atoms with E-state index in [1.165, 1.54) is 0 Å². The minimum Gasteiger partial charge on any atom is -0.383 e. The monoisotopic (exact) mass is 219 g/mol. The molecule has 1 aliphatic rings. The molecule has 16 heavy (non-hydrogen) atoms. The van der Waals surface area contributed by atoms with Crippen molar-refractivity contribution in [2.75, 3.05) is 18.8 Å². The number of pyridine rings is 1. The quantitative estimate of drug-likeness (QED) is 0.734. The summed E-state index contributed by atoms with van der Waals surface area (Å²) >= 11 is 0. The molecule has 0 aromatic carbocycles. The molecule has 4 heteroatoms. The lowest BCUT2D eigenvalue weighted by atomic mass is 9.76. The van der Waals surface area contributed by atoms with Crippen LogP contribution in [0.3, 0.4) is 0 Å². The molecule has 86 valence electrons. The number of nitrogens with zero attached hydrogens (tertiary/aromatic N) is 1. The first-order valence-electron chi connectivity index (χ1n) is 5.59. The van der Waals surface area contributed by atoms with Gasteiger partial charge in [0.1, 0.15) is 5.82 Å². The van der Waals surface area contributed by atoms with E-state index >= 15 is 0 Å². The van der Waals surface area contributed by atoms with Gasteiger partial charge in [0.15, 0.2) is 5.78 Å². The molecule has 1 aromatic heterocycles. The first-order valence-corrected chi connectivity index (χ1v) is 5.59. The Kier molecular flexibility index (Phi) is 2.92. The third kappa shape index (κ3) is 1.93. The molecule has 1 saturated heterocycles. The fourth-order valence-corrected chi connectivity index (χ4v) is 2.18. The fraction of sp³-hybridized carbons (Fsp3) is 0.500. The maximum absolute atomic E-state index is 12.4. The lowest BCUT2D eigenvalue weighted by molar-refractivity contribution is 0.0773. The molecular formula is C12H17N3O. The molecule has 4 nitrogen and oxygen atoms in total. The highest BCUT2D eigenvalue weighted by Crippen LogP contribution is 2.30. The summed E-state index contributed by atoms with van der Waals surface area (Å²) in [6.07, 6.45) is 3.54. The van der Waals surface area contributed by atoms with Crippen LogP contribution in [0.2, 0.25) is 0 Å². The summed E-state index contributed by atoms with van der Waals surface area (Å²) in [5.41, 5.74) is 5.95. The zero-order chi connectivity index (χ0) is 11.6. The molecule has 0 saturated carbocycles. The third-order valence-corrected chi connectivity index (χ3v) is 3.23. The number of aromatic nitrogens is 1. The smallest absolute Gasteiger partial charge is 0.173 e. The van der Waals surface area contributed by atoms with Crippen LogP contribution in [0.1, 0.15) is 30.1 Å². The number of nitrogens with two attached hydrogens (primary N) is 1. The summed E-state index contributed by atoms with van der Waals surface area (Å²) in [4.78, 5) is 16.3. The Morgan fingerprint density at radius 2 is 2.44 bits per heavy atom. The van der Waals surface area contributed by atoms with Gasteiger partial charge in [-0.15, -0.1) is 0 Å². The van der Waals surface area contributed by atoms with Crippen LogP contribution in [-0.2, 0) is 0 Å². The van der Waals surface area contributed by atoms with Crippen molar-refractivity contribution in [2.24, 2.45) is 5.41 Å². The molecule has 0 amide bonds. The van der Waals surface area contributed by atoms with E-state index in [4.69, 9.17) is 5.73 Å². The number of carbonyl (C=O) groups is 1. The maximum atomic E-state index is 12.4. The first-order chi connectivity index (χ1) is 7.63. The summed E-state index contributed by atoms with van der Waals surface area (Å²) in [5, 5.41) is 3.26. The van der Waals surface area contributed by atoms with Gasteiger partial charge >= 0.3 is 0 Å². The standard InChI is InChI=1S/C12H17N3O/c1-12(5-3-6-14-8-12)10(16)9-4-2-7-15-11(9)13/h2,4,7,14H,3,5-6,8H2,1H3,(H2,13,15). The largest absolute Gasteiger partial charge is 0.383 e. The summed E-state index contributed by atoms with van der Waals surface area (Å²) in [7, 11) is 0. The number of piperidine rings is 1. The van der Waals surface area contributed by atoms with E-state index in [1.807, 2.05) is 6.92 Å². The number of hydrogen-bond acceptors (Lipinski definition) is 4. The molecule has 0 spiro atoms. The van der Waals surface area contributed by atoms with Crippen LogP contribution in [0, 0.1) is 5.41 Å². The van der Waals surface area contributed by atoms with Crippen molar-refractivity contribution >= 4 is 11.6 Å². The van der Waals surface area contributed by atoms with E-state index in [-0.39, 0.29) is 11.2 Å². The van der Waals surface area contributed by atoms with Gasteiger partial charge in [0, 0.05) is 18.2 Å². The van der Waals surface area contributed by atoms with E-state index in [2.05, 4.69) is 10.3 Å². The highest BCUT2D eigenvalue weighted by atomic mass is 16.1. The minimum absolute atomic E-state index is 0.102. The van der Waals surface area contributed by atoms with Gasteiger partial charge < -0.3 is 11.1 Å². The van der Waals surface area contributed by atoms with Gasteiger partial charge in [0.2, 0.25) is 0 Å². The molecule has 1 fully saturated rings. The van der Waals surface area contributed by atoms with E-state index < -0.39 is 0 Å². The van der Waals surface area contributed by atoms with Crippen molar-refractivity contribution in [3.05, 3.63) is 23.9 Å². The lowest BCUT2D eigenvalue weighted by Crippen LogP contribution is -2.43. The van der Waals surface area contributed by atoms with Crippen LogP contribution in [0.25, 0.3) is 0 Å².